The van der Waals surface area contributed by atoms with Crippen molar-refractivity contribution in [2.24, 2.45) is 7.05 Å². The largest absolute Gasteiger partial charge is 0.504 e. The van der Waals surface area contributed by atoms with Gasteiger partial charge in [0.05, 0.1) is 34.6 Å². The van der Waals surface area contributed by atoms with Crippen molar-refractivity contribution < 1.29 is 29.4 Å². The summed E-state index contributed by atoms with van der Waals surface area (Å²) < 4.78 is 13.5. The Labute approximate surface area is 333 Å². The number of hydrogen-bond donors (Lipinski definition) is 3. The first kappa shape index (κ1) is 44.0. The third-order valence-corrected chi connectivity index (χ3v) is 9.64. The molecule has 5 aromatic rings. The van der Waals surface area contributed by atoms with Gasteiger partial charge in [-0.3, -0.25) is 19.7 Å². The van der Waals surface area contributed by atoms with E-state index in [1.165, 1.54) is 60.6 Å². The number of pyridine rings is 2. The molecule has 13 nitrogen and oxygen atoms in total. The summed E-state index contributed by atoms with van der Waals surface area (Å²) in [5, 5.41) is 36.5. The second-order valence-electron chi connectivity index (χ2n) is 14.3. The summed E-state index contributed by atoms with van der Waals surface area (Å²) in [5.74, 6) is -0.940. The van der Waals surface area contributed by atoms with Gasteiger partial charge in [0.15, 0.2) is 11.5 Å². The lowest BCUT2D eigenvalue weighted by atomic mass is 10.1. The minimum atomic E-state index is -0.579. The van der Waals surface area contributed by atoms with E-state index < -0.39 is 21.8 Å². The Morgan fingerprint density at radius 1 is 0.737 bits per heavy atom. The molecule has 0 aliphatic heterocycles. The molecule has 3 aromatic carbocycles. The molecule has 0 saturated heterocycles. The zero-order valence-corrected chi connectivity index (χ0v) is 34.2. The second-order valence-corrected chi connectivity index (χ2v) is 14.3. The molecular formula is C44H58N4O9. The number of hydrogen-bond acceptors (Lipinski definition) is 10. The number of nitrogens with zero attached hydrogens (tertiary/aromatic N) is 3. The second kappa shape index (κ2) is 21.5. The summed E-state index contributed by atoms with van der Waals surface area (Å²) in [6, 6.07) is 16.0. The van der Waals surface area contributed by atoms with Crippen LogP contribution in [-0.2, 0) is 13.7 Å². The number of aromatic nitrogens is 2. The third-order valence-electron chi connectivity index (χ3n) is 9.64. The lowest BCUT2D eigenvalue weighted by Crippen LogP contribution is -2.28. The third kappa shape index (κ3) is 11.2. The molecule has 5 rings (SSSR count). The van der Waals surface area contributed by atoms with E-state index in [0.717, 1.165) is 61.0 Å². The molecule has 0 aliphatic rings. The van der Waals surface area contributed by atoms with Gasteiger partial charge in [0.1, 0.15) is 12.0 Å². The Morgan fingerprint density at radius 2 is 1.33 bits per heavy atom. The number of nitro benzene ring substituents is 1. The summed E-state index contributed by atoms with van der Waals surface area (Å²) in [6.07, 6.45) is 11.0. The first-order chi connectivity index (χ1) is 27.4. The molecule has 2 aromatic heterocycles. The number of unbranched alkanes of at least 4 members (excludes halogenated alkanes) is 8. The number of nitrogens with one attached hydrogen (secondary N) is 1. The highest BCUT2D eigenvalue weighted by molar-refractivity contribution is 5.98. The lowest BCUT2D eigenvalue weighted by Gasteiger charge is -2.18. The predicted octanol–water partition coefficient (Wildman–Crippen LogP) is 9.24. The van der Waals surface area contributed by atoms with Crippen LogP contribution in [0.3, 0.4) is 0 Å². The fraction of sp³-hybridized carbons (Fsp3) is 0.455. The zero-order valence-electron chi connectivity index (χ0n) is 34.2. The monoisotopic (exact) mass is 786 g/mol. The van der Waals surface area contributed by atoms with E-state index in [9.17, 15) is 29.9 Å². The molecule has 308 valence electrons. The maximum absolute atomic E-state index is 13.1. The fourth-order valence-corrected chi connectivity index (χ4v) is 6.86. The van der Waals surface area contributed by atoms with E-state index in [1.807, 2.05) is 38.1 Å². The van der Waals surface area contributed by atoms with Crippen LogP contribution in [0.25, 0.3) is 21.8 Å². The van der Waals surface area contributed by atoms with E-state index >= 15 is 0 Å². The van der Waals surface area contributed by atoms with Crippen molar-refractivity contribution in [2.45, 2.75) is 105 Å². The van der Waals surface area contributed by atoms with Gasteiger partial charge in [0.25, 0.3) is 11.2 Å². The molecule has 0 amide bonds. The van der Waals surface area contributed by atoms with Crippen LogP contribution in [0.4, 0.5) is 11.4 Å². The van der Waals surface area contributed by atoms with Crippen LogP contribution in [0, 0.1) is 24.0 Å². The first-order valence-corrected chi connectivity index (χ1v) is 20.0. The summed E-state index contributed by atoms with van der Waals surface area (Å²) in [5.41, 5.74) is 3.52. The smallest absolute Gasteiger partial charge is 0.329 e. The average molecular weight is 787 g/mol. The van der Waals surface area contributed by atoms with Crippen molar-refractivity contribution in [1.82, 2.24) is 9.30 Å². The minimum absolute atomic E-state index is 0.0209. The topological polar surface area (TPSA) is 167 Å². The van der Waals surface area contributed by atoms with Crippen LogP contribution >= 0.6 is 0 Å². The molecule has 0 radical (unpaired) electrons. The van der Waals surface area contributed by atoms with Crippen molar-refractivity contribution >= 4 is 33.2 Å². The number of rotatable bonds is 20. The standard InChI is InChI=1S/C26H34N2O4.C18H24N2O5/c1-5-7-8-9-13-27-21-11-10-12-22-23(21)24(29)25(31-6-2)26(30)28(22)32-17-20-15-18(3)14-19(4)16-20;1-3-4-5-6-7-8-12-25-17-16(21)15-13(19(2)18(17)22)10-9-11-14(15)20(23)24/h10-12,14-16,27,29H,5-9,13,17H2,1-4H3;9-11,21H,3-8,12H2,1-2H3. The molecular weight excluding hydrogens is 729 g/mol. The quantitative estimate of drug-likeness (QED) is 0.0393. The number of aryl methyl sites for hydroxylation is 3. The van der Waals surface area contributed by atoms with Gasteiger partial charge in [-0.25, -0.2) is 0 Å². The average Bonchev–Trinajstić information content (AvgIpc) is 3.18. The number of ether oxygens (including phenoxy) is 2. The Morgan fingerprint density at radius 3 is 2.00 bits per heavy atom. The zero-order chi connectivity index (χ0) is 41.5. The fourth-order valence-electron chi connectivity index (χ4n) is 6.86. The minimum Gasteiger partial charge on any atom is -0.504 e. The number of non-ortho nitro benzene ring substituents is 1. The number of anilines is 1. The van der Waals surface area contributed by atoms with Crippen LogP contribution in [0.2, 0.25) is 0 Å². The normalized spacial score (nSPS) is 11.0. The van der Waals surface area contributed by atoms with Gasteiger partial charge in [-0.15, -0.1) is 4.73 Å². The molecule has 0 unspecified atom stereocenters. The number of benzene rings is 3. The SMILES string of the molecule is CCCCCCCCOc1c(O)c2c([N+](=O)[O-])cccc2n(C)c1=O.CCCCCCNc1cccc2c1c(O)c(OCC)c(=O)n2OCc1cc(C)cc(C)c1. The first-order valence-electron chi connectivity index (χ1n) is 20.0. The van der Waals surface area contributed by atoms with Gasteiger partial charge >= 0.3 is 5.56 Å². The van der Waals surface area contributed by atoms with Crippen molar-refractivity contribution in [2.75, 3.05) is 25.1 Å². The molecule has 0 bridgehead atoms. The predicted molar refractivity (Wildman–Crippen MR) is 226 cm³/mol. The molecule has 2 heterocycles. The van der Waals surface area contributed by atoms with Crippen LogP contribution in [0.1, 0.15) is 102 Å². The molecule has 0 saturated carbocycles. The molecule has 57 heavy (non-hydrogen) atoms. The number of fused-ring (bicyclic) bond motifs is 2. The molecule has 0 fully saturated rings. The van der Waals surface area contributed by atoms with Gasteiger partial charge in [-0.1, -0.05) is 107 Å². The Bertz CT molecular complexity index is 2230. The van der Waals surface area contributed by atoms with E-state index in [4.69, 9.17) is 14.3 Å². The summed E-state index contributed by atoms with van der Waals surface area (Å²) >= 11 is 0. The van der Waals surface area contributed by atoms with Crippen LogP contribution in [-0.4, -0.2) is 44.2 Å². The summed E-state index contributed by atoms with van der Waals surface area (Å²) in [4.78, 5) is 42.2. The van der Waals surface area contributed by atoms with Crippen molar-refractivity contribution in [3.05, 3.63) is 102 Å². The van der Waals surface area contributed by atoms with Crippen LogP contribution in [0.5, 0.6) is 23.0 Å². The number of nitro groups is 1. The Hall–Kier alpha value is -5.72. The van der Waals surface area contributed by atoms with Gasteiger partial charge in [0.2, 0.25) is 11.5 Å². The highest BCUT2D eigenvalue weighted by Gasteiger charge is 2.24. The van der Waals surface area contributed by atoms with E-state index in [-0.39, 0.29) is 41.5 Å². The van der Waals surface area contributed by atoms with E-state index in [0.29, 0.717) is 23.0 Å². The highest BCUT2D eigenvalue weighted by atomic mass is 16.7. The summed E-state index contributed by atoms with van der Waals surface area (Å²) in [7, 11) is 1.51. The number of aromatic hydroxyl groups is 2. The molecule has 0 atom stereocenters. The van der Waals surface area contributed by atoms with Gasteiger partial charge in [-0.05, 0) is 57.4 Å². The van der Waals surface area contributed by atoms with Crippen LogP contribution in [0.15, 0.2) is 64.2 Å². The Balaban J connectivity index is 0.000000261. The Kier molecular flexibility index (Phi) is 16.6. The maximum Gasteiger partial charge on any atom is 0.329 e. The van der Waals surface area contributed by atoms with Gasteiger partial charge in [0, 0.05) is 25.3 Å². The van der Waals surface area contributed by atoms with Gasteiger partial charge < -0.3 is 34.4 Å². The molecule has 0 spiro atoms. The molecule has 0 aliphatic carbocycles. The lowest BCUT2D eigenvalue weighted by molar-refractivity contribution is -0.383. The molecule has 3 N–H and O–H groups in total. The van der Waals surface area contributed by atoms with E-state index in [2.05, 4.69) is 25.2 Å². The highest BCUT2D eigenvalue weighted by Crippen LogP contribution is 2.38. The van der Waals surface area contributed by atoms with Gasteiger partial charge in [-0.2, -0.15) is 0 Å². The van der Waals surface area contributed by atoms with Crippen molar-refractivity contribution in [3.63, 3.8) is 0 Å². The summed E-state index contributed by atoms with van der Waals surface area (Å²) in [6.45, 7) is 11.7. The maximum atomic E-state index is 13.1. The van der Waals surface area contributed by atoms with Crippen molar-refractivity contribution in [1.29, 1.82) is 0 Å². The van der Waals surface area contributed by atoms with Crippen molar-refractivity contribution in [3.8, 4) is 23.0 Å². The van der Waals surface area contributed by atoms with E-state index in [1.54, 1.807) is 19.1 Å². The molecule has 13 heteroatoms. The van der Waals surface area contributed by atoms with Crippen LogP contribution < -0.4 is 30.7 Å².